The van der Waals surface area contributed by atoms with Crippen LogP contribution in [0.15, 0.2) is 41.7 Å². The Morgan fingerprint density at radius 3 is 2.39 bits per heavy atom. The topological polar surface area (TPSA) is 156 Å². The van der Waals surface area contributed by atoms with Gasteiger partial charge < -0.3 is 29.3 Å². The van der Waals surface area contributed by atoms with Gasteiger partial charge in [-0.3, -0.25) is 14.4 Å². The van der Waals surface area contributed by atoms with Gasteiger partial charge in [-0.2, -0.15) is 5.23 Å². The van der Waals surface area contributed by atoms with Crippen LogP contribution in [0.5, 0.6) is 17.2 Å². The van der Waals surface area contributed by atoms with Gasteiger partial charge in [0.15, 0.2) is 23.0 Å². The highest BCUT2D eigenvalue weighted by molar-refractivity contribution is 6.35. The molecule has 2 aromatic carbocycles. The number of Topliss-reactive ketones (excluding diaryl/α,β-unsaturated/α-hetero) is 2. The number of benzene rings is 2. The number of carbonyl (C=O) groups excluding carboxylic acids is 3. The maximum absolute atomic E-state index is 14.0. The minimum absolute atomic E-state index is 0.00993. The van der Waals surface area contributed by atoms with Crippen LogP contribution in [-0.2, 0) is 14.3 Å². The van der Waals surface area contributed by atoms with Crippen LogP contribution in [0.4, 0.5) is 5.69 Å². The van der Waals surface area contributed by atoms with E-state index in [1.807, 2.05) is 0 Å². The maximum Gasteiger partial charge on any atom is 0.306 e. The fourth-order valence-corrected chi connectivity index (χ4v) is 5.30. The Bertz CT molecular complexity index is 1340. The summed E-state index contributed by atoms with van der Waals surface area (Å²) < 4.78 is 21.6. The van der Waals surface area contributed by atoms with Gasteiger partial charge >= 0.3 is 5.97 Å². The number of hydrogen-bond acceptors (Lipinski definition) is 10. The SMILES string of the molecule is COC(=O)CC(C1=C(O)[C@@]2(Oc3c(Cl)c(OC)cc(OC)c3C2=O)[C@H](C)CC1=O)c1ccc([NH+]([O-])O)cc1. The molecule has 0 fully saturated rings. The van der Waals surface area contributed by atoms with Gasteiger partial charge in [0.05, 0.1) is 27.8 Å². The molecule has 0 amide bonds. The number of carbonyl (C=O) groups is 3. The second-order valence-electron chi connectivity index (χ2n) is 9.02. The highest BCUT2D eigenvalue weighted by Gasteiger charge is 2.61. The zero-order valence-corrected chi connectivity index (χ0v) is 21.7. The Morgan fingerprint density at radius 1 is 1.21 bits per heavy atom. The molecule has 1 aliphatic heterocycles. The van der Waals surface area contributed by atoms with Gasteiger partial charge in [-0.05, 0) is 5.56 Å². The Kier molecular flexibility index (Phi) is 7.39. The fraction of sp³-hybridized carbons (Fsp3) is 0.346. The van der Waals surface area contributed by atoms with Crippen molar-refractivity contribution in [2.45, 2.75) is 31.3 Å². The lowest BCUT2D eigenvalue weighted by Crippen LogP contribution is -2.99. The van der Waals surface area contributed by atoms with Crippen LogP contribution >= 0.6 is 11.6 Å². The van der Waals surface area contributed by atoms with E-state index >= 15 is 0 Å². The molecule has 4 rings (SSSR count). The van der Waals surface area contributed by atoms with Crippen molar-refractivity contribution in [1.82, 2.24) is 0 Å². The number of fused-ring (bicyclic) bond motifs is 1. The molecule has 2 unspecified atom stereocenters. The first-order chi connectivity index (χ1) is 18.0. The highest BCUT2D eigenvalue weighted by atomic mass is 35.5. The van der Waals surface area contributed by atoms with Gasteiger partial charge in [-0.15, -0.1) is 0 Å². The van der Waals surface area contributed by atoms with Crippen molar-refractivity contribution in [3.8, 4) is 17.2 Å². The highest BCUT2D eigenvalue weighted by Crippen LogP contribution is 2.55. The number of esters is 1. The molecule has 2 aliphatic rings. The second kappa shape index (κ2) is 10.3. The van der Waals surface area contributed by atoms with Crippen molar-refractivity contribution in [1.29, 1.82) is 0 Å². The van der Waals surface area contributed by atoms with Crippen LogP contribution in [0.3, 0.4) is 0 Å². The quantitative estimate of drug-likeness (QED) is 0.348. The summed E-state index contributed by atoms with van der Waals surface area (Å²) in [6.45, 7) is 1.59. The van der Waals surface area contributed by atoms with Gasteiger partial charge in [0.2, 0.25) is 11.4 Å². The molecule has 0 bridgehead atoms. The number of ether oxygens (including phenoxy) is 4. The fourth-order valence-electron chi connectivity index (χ4n) is 5.03. The van der Waals surface area contributed by atoms with E-state index in [1.165, 1.54) is 51.7 Å². The van der Waals surface area contributed by atoms with Gasteiger partial charge in [-0.25, -0.2) is 5.21 Å². The van der Waals surface area contributed by atoms with Crippen molar-refractivity contribution < 1.29 is 48.9 Å². The number of ketones is 2. The number of methoxy groups -OCH3 is 3. The largest absolute Gasteiger partial charge is 0.595 e. The Morgan fingerprint density at radius 2 is 1.84 bits per heavy atom. The van der Waals surface area contributed by atoms with Gasteiger partial charge in [0, 0.05) is 42.0 Å². The average molecular weight is 548 g/mol. The van der Waals surface area contributed by atoms with E-state index < -0.39 is 46.0 Å². The van der Waals surface area contributed by atoms with E-state index in [4.69, 9.17) is 30.5 Å². The van der Waals surface area contributed by atoms with Crippen molar-refractivity contribution in [3.05, 3.63) is 63.0 Å². The Hall–Kier alpha value is -3.64. The zero-order chi connectivity index (χ0) is 27.9. The van der Waals surface area contributed by atoms with Crippen LogP contribution in [0.25, 0.3) is 0 Å². The molecule has 1 spiro atoms. The number of quaternary nitrogens is 1. The van der Waals surface area contributed by atoms with Crippen LogP contribution in [0.2, 0.25) is 5.02 Å². The lowest BCUT2D eigenvalue weighted by atomic mass is 9.69. The van der Waals surface area contributed by atoms with Crippen LogP contribution in [-0.4, -0.2) is 54.8 Å². The molecule has 0 radical (unpaired) electrons. The number of nitrogens with one attached hydrogen (secondary N) is 1. The van der Waals surface area contributed by atoms with Crippen molar-refractivity contribution in [3.63, 3.8) is 0 Å². The molecule has 12 heteroatoms. The molecule has 1 heterocycles. The molecule has 202 valence electrons. The molecule has 11 nitrogen and oxygen atoms in total. The van der Waals surface area contributed by atoms with Gasteiger partial charge in [0.25, 0.3) is 0 Å². The Labute approximate surface area is 222 Å². The number of allylic oxidation sites excluding steroid dienone is 1. The summed E-state index contributed by atoms with van der Waals surface area (Å²) in [5, 5.41) is 31.1. The summed E-state index contributed by atoms with van der Waals surface area (Å²) in [7, 11) is 3.91. The number of aliphatic hydroxyl groups excluding tert-OH is 1. The number of aliphatic hydroxyl groups is 1. The third-order valence-electron chi connectivity index (χ3n) is 7.02. The second-order valence-corrected chi connectivity index (χ2v) is 9.39. The van der Waals surface area contributed by atoms with Gasteiger partial charge in [-0.1, -0.05) is 30.7 Å². The van der Waals surface area contributed by atoms with Crippen LogP contribution < -0.4 is 19.4 Å². The van der Waals surface area contributed by atoms with Crippen molar-refractivity contribution >= 4 is 34.8 Å². The predicted molar refractivity (Wildman–Crippen MR) is 132 cm³/mol. The number of rotatable bonds is 7. The summed E-state index contributed by atoms with van der Waals surface area (Å²) in [6.07, 6.45) is -0.557. The third-order valence-corrected chi connectivity index (χ3v) is 7.38. The first-order valence-electron chi connectivity index (χ1n) is 11.6. The standard InChI is InChI=1S/C26H26ClNO10/c1-12-9-16(29)20(15(10-19(30)37-4)13-5-7-14(8-6-13)28(33)34)24(31)26(12)25(32)21-17(35-2)11-18(36-3)22(27)23(21)38-26/h5-8,11-12,15,28,31,33H,9-10H2,1-4H3/t12-,15?,26+/m1/s1. The normalized spacial score (nSPS) is 22.1. The summed E-state index contributed by atoms with van der Waals surface area (Å²) in [5.74, 6) is -4.16. The third kappa shape index (κ3) is 4.17. The smallest absolute Gasteiger partial charge is 0.306 e. The lowest BCUT2D eigenvalue weighted by molar-refractivity contribution is -0.991. The number of hydrogen-bond donors (Lipinski definition) is 3. The van der Waals surface area contributed by atoms with Crippen LogP contribution in [0, 0.1) is 11.1 Å². The lowest BCUT2D eigenvalue weighted by Gasteiger charge is -2.38. The monoisotopic (exact) mass is 547 g/mol. The summed E-state index contributed by atoms with van der Waals surface area (Å²) in [6, 6.07) is 6.93. The van der Waals surface area contributed by atoms with E-state index in [1.54, 1.807) is 6.92 Å². The van der Waals surface area contributed by atoms with E-state index in [0.29, 0.717) is 5.56 Å². The molecule has 2 aromatic rings. The molecule has 3 N–H and O–H groups in total. The first-order valence-corrected chi connectivity index (χ1v) is 11.9. The summed E-state index contributed by atoms with van der Waals surface area (Å²) in [5.41, 5.74) is -1.89. The minimum Gasteiger partial charge on any atom is -0.595 e. The summed E-state index contributed by atoms with van der Waals surface area (Å²) >= 11 is 6.47. The van der Waals surface area contributed by atoms with E-state index in [2.05, 4.69) is 0 Å². The van der Waals surface area contributed by atoms with Gasteiger partial charge in [0.1, 0.15) is 22.1 Å². The van der Waals surface area contributed by atoms with Crippen molar-refractivity contribution in [2.24, 2.45) is 5.92 Å². The molecule has 0 saturated carbocycles. The molecule has 1 aliphatic carbocycles. The van der Waals surface area contributed by atoms with E-state index in [9.17, 15) is 29.9 Å². The average Bonchev–Trinajstić information content (AvgIpc) is 3.22. The van der Waals surface area contributed by atoms with E-state index in [-0.39, 0.29) is 51.9 Å². The summed E-state index contributed by atoms with van der Waals surface area (Å²) in [4.78, 5) is 39.7. The maximum atomic E-state index is 14.0. The minimum atomic E-state index is -2.02. The number of halogens is 1. The predicted octanol–water partition coefficient (Wildman–Crippen LogP) is 2.84. The molecule has 38 heavy (non-hydrogen) atoms. The first kappa shape index (κ1) is 27.4. The van der Waals surface area contributed by atoms with Crippen LogP contribution in [0.1, 0.15) is 41.6 Å². The zero-order valence-electron chi connectivity index (χ0n) is 21.0. The van der Waals surface area contributed by atoms with E-state index in [0.717, 1.165) is 0 Å². The molecule has 0 saturated heterocycles. The molecular formula is C26H26ClNO10. The molecule has 4 atom stereocenters. The Balaban J connectivity index is 1.93. The molecular weight excluding hydrogens is 522 g/mol. The van der Waals surface area contributed by atoms with Crippen molar-refractivity contribution in [2.75, 3.05) is 21.3 Å². The molecule has 0 aromatic heterocycles.